The fraction of sp³-hybridized carbons (Fsp3) is 0.368. The number of hydrogen-bond donors (Lipinski definition) is 0. The van der Waals surface area contributed by atoms with Crippen molar-refractivity contribution in [2.75, 3.05) is 6.54 Å². The zero-order valence-corrected chi connectivity index (χ0v) is 13.7. The molecular weight excluding hydrogens is 284 g/mol. The van der Waals surface area contributed by atoms with Gasteiger partial charge in [-0.1, -0.05) is 30.3 Å². The number of pyridine rings is 1. The maximum atomic E-state index is 4.90. The quantitative estimate of drug-likeness (QED) is 0.730. The first-order chi connectivity index (χ1) is 11.3. The zero-order chi connectivity index (χ0) is 15.8. The van der Waals surface area contributed by atoms with Crippen LogP contribution in [0.15, 0.2) is 48.7 Å². The lowest BCUT2D eigenvalue weighted by atomic mass is 10.2. The third kappa shape index (κ3) is 2.43. The SMILES string of the molecule is CC(C)N1CCCC1n1c(-c2ccccc2)nc2cccnc21. The van der Waals surface area contributed by atoms with Crippen molar-refractivity contribution >= 4 is 11.2 Å². The van der Waals surface area contributed by atoms with Crippen molar-refractivity contribution in [3.05, 3.63) is 48.7 Å². The minimum atomic E-state index is 0.338. The molecule has 4 heteroatoms. The van der Waals surface area contributed by atoms with Crippen molar-refractivity contribution in [3.63, 3.8) is 0 Å². The van der Waals surface area contributed by atoms with Crippen molar-refractivity contribution in [3.8, 4) is 11.4 Å². The monoisotopic (exact) mass is 306 g/mol. The molecule has 3 aromatic rings. The van der Waals surface area contributed by atoms with Crippen LogP contribution >= 0.6 is 0 Å². The molecular formula is C19H22N4. The van der Waals surface area contributed by atoms with E-state index >= 15 is 0 Å². The summed E-state index contributed by atoms with van der Waals surface area (Å²) in [5, 5.41) is 0. The molecule has 0 radical (unpaired) electrons. The van der Waals surface area contributed by atoms with Gasteiger partial charge in [-0.3, -0.25) is 9.47 Å². The van der Waals surface area contributed by atoms with E-state index in [0.717, 1.165) is 35.5 Å². The average Bonchev–Trinajstić information content (AvgIpc) is 3.19. The number of fused-ring (bicyclic) bond motifs is 1. The zero-order valence-electron chi connectivity index (χ0n) is 13.7. The molecule has 1 aromatic carbocycles. The molecule has 4 nitrogen and oxygen atoms in total. The normalized spacial score (nSPS) is 19.0. The lowest BCUT2D eigenvalue weighted by Gasteiger charge is -2.30. The van der Waals surface area contributed by atoms with Gasteiger partial charge in [-0.2, -0.15) is 0 Å². The summed E-state index contributed by atoms with van der Waals surface area (Å²) in [6.07, 6.45) is 4.58. The van der Waals surface area contributed by atoms with Crippen LogP contribution in [0.25, 0.3) is 22.6 Å². The fourth-order valence-corrected chi connectivity index (χ4v) is 3.65. The number of nitrogens with zero attached hydrogens (tertiary/aromatic N) is 4. The van der Waals surface area contributed by atoms with Crippen LogP contribution in [0, 0.1) is 0 Å². The Labute approximate surface area is 136 Å². The number of aromatic nitrogens is 3. The second-order valence-corrected chi connectivity index (χ2v) is 6.47. The Morgan fingerprint density at radius 2 is 1.91 bits per heavy atom. The van der Waals surface area contributed by atoms with Crippen LogP contribution in [0.2, 0.25) is 0 Å². The molecule has 4 rings (SSSR count). The topological polar surface area (TPSA) is 34.0 Å². The molecule has 118 valence electrons. The summed E-state index contributed by atoms with van der Waals surface area (Å²) in [5.41, 5.74) is 3.12. The van der Waals surface area contributed by atoms with Crippen LogP contribution < -0.4 is 0 Å². The molecule has 23 heavy (non-hydrogen) atoms. The molecule has 0 saturated carbocycles. The first-order valence-corrected chi connectivity index (χ1v) is 8.40. The Morgan fingerprint density at radius 1 is 1.09 bits per heavy atom. The van der Waals surface area contributed by atoms with Crippen LogP contribution in [0.3, 0.4) is 0 Å². The maximum absolute atomic E-state index is 4.90. The molecule has 0 N–H and O–H groups in total. The molecule has 1 aliphatic rings. The number of benzene rings is 1. The van der Waals surface area contributed by atoms with Gasteiger partial charge < -0.3 is 0 Å². The van der Waals surface area contributed by atoms with Gasteiger partial charge >= 0.3 is 0 Å². The number of hydrogen-bond acceptors (Lipinski definition) is 3. The highest BCUT2D eigenvalue weighted by Crippen LogP contribution is 2.35. The van der Waals surface area contributed by atoms with Crippen LogP contribution in [0.4, 0.5) is 0 Å². The number of imidazole rings is 1. The van der Waals surface area contributed by atoms with Gasteiger partial charge in [-0.15, -0.1) is 0 Å². The van der Waals surface area contributed by atoms with Crippen molar-refractivity contribution in [2.24, 2.45) is 0 Å². The van der Waals surface area contributed by atoms with Crippen LogP contribution in [0.5, 0.6) is 0 Å². The van der Waals surface area contributed by atoms with Gasteiger partial charge in [-0.05, 0) is 38.8 Å². The second kappa shape index (κ2) is 5.78. The maximum Gasteiger partial charge on any atom is 0.161 e. The predicted molar refractivity (Wildman–Crippen MR) is 93.1 cm³/mol. The molecule has 1 aliphatic heterocycles. The molecule has 1 saturated heterocycles. The molecule has 0 bridgehead atoms. The van der Waals surface area contributed by atoms with E-state index in [1.165, 1.54) is 6.42 Å². The number of rotatable bonds is 3. The van der Waals surface area contributed by atoms with E-state index in [4.69, 9.17) is 4.98 Å². The van der Waals surface area contributed by atoms with E-state index in [9.17, 15) is 0 Å². The first-order valence-electron chi connectivity index (χ1n) is 8.40. The van der Waals surface area contributed by atoms with Crippen molar-refractivity contribution in [2.45, 2.75) is 38.9 Å². The molecule has 0 aliphatic carbocycles. The highest BCUT2D eigenvalue weighted by atomic mass is 15.4. The van der Waals surface area contributed by atoms with Gasteiger partial charge in [-0.25, -0.2) is 9.97 Å². The lowest BCUT2D eigenvalue weighted by molar-refractivity contribution is 0.156. The minimum absolute atomic E-state index is 0.338. The lowest BCUT2D eigenvalue weighted by Crippen LogP contribution is -2.33. The van der Waals surface area contributed by atoms with E-state index in [0.29, 0.717) is 12.2 Å². The first kappa shape index (κ1) is 14.4. The van der Waals surface area contributed by atoms with Crippen LogP contribution in [0.1, 0.15) is 32.9 Å². The van der Waals surface area contributed by atoms with Crippen molar-refractivity contribution in [1.29, 1.82) is 0 Å². The molecule has 1 unspecified atom stereocenters. The van der Waals surface area contributed by atoms with E-state index in [-0.39, 0.29) is 0 Å². The fourth-order valence-electron chi connectivity index (χ4n) is 3.65. The molecule has 0 spiro atoms. The van der Waals surface area contributed by atoms with E-state index in [2.05, 4.69) is 58.6 Å². The minimum Gasteiger partial charge on any atom is -0.292 e. The summed E-state index contributed by atoms with van der Waals surface area (Å²) in [7, 11) is 0. The van der Waals surface area contributed by atoms with Crippen molar-refractivity contribution in [1.82, 2.24) is 19.4 Å². The van der Waals surface area contributed by atoms with Crippen LogP contribution in [-0.2, 0) is 0 Å². The van der Waals surface area contributed by atoms with Gasteiger partial charge in [0.15, 0.2) is 5.65 Å². The van der Waals surface area contributed by atoms with Gasteiger partial charge in [0, 0.05) is 24.3 Å². The second-order valence-electron chi connectivity index (χ2n) is 6.47. The number of likely N-dealkylation sites (tertiary alicyclic amines) is 1. The van der Waals surface area contributed by atoms with E-state index in [1.807, 2.05) is 18.3 Å². The summed E-state index contributed by atoms with van der Waals surface area (Å²) in [6, 6.07) is 15.0. The van der Waals surface area contributed by atoms with Gasteiger partial charge in [0.2, 0.25) is 0 Å². The Balaban J connectivity index is 1.93. The predicted octanol–water partition coefficient (Wildman–Crippen LogP) is 4.10. The Bertz CT molecular complexity index is 807. The Morgan fingerprint density at radius 3 is 2.70 bits per heavy atom. The highest BCUT2D eigenvalue weighted by molar-refractivity contribution is 5.77. The molecule has 1 fully saturated rings. The molecule has 0 amide bonds. The summed E-state index contributed by atoms with van der Waals surface area (Å²) < 4.78 is 2.34. The van der Waals surface area contributed by atoms with Crippen LogP contribution in [-0.4, -0.2) is 32.0 Å². The van der Waals surface area contributed by atoms with E-state index in [1.54, 1.807) is 0 Å². The highest BCUT2D eigenvalue weighted by Gasteiger charge is 2.31. The average molecular weight is 306 g/mol. The molecule has 1 atom stereocenters. The molecule has 2 aromatic heterocycles. The van der Waals surface area contributed by atoms with Gasteiger partial charge in [0.05, 0.1) is 6.17 Å². The largest absolute Gasteiger partial charge is 0.292 e. The Kier molecular flexibility index (Phi) is 3.62. The van der Waals surface area contributed by atoms with Gasteiger partial charge in [0.25, 0.3) is 0 Å². The summed E-state index contributed by atoms with van der Waals surface area (Å²) in [4.78, 5) is 12.1. The smallest absolute Gasteiger partial charge is 0.161 e. The summed E-state index contributed by atoms with van der Waals surface area (Å²) in [6.45, 7) is 5.68. The summed E-state index contributed by atoms with van der Waals surface area (Å²) in [5.74, 6) is 1.02. The van der Waals surface area contributed by atoms with E-state index < -0.39 is 0 Å². The summed E-state index contributed by atoms with van der Waals surface area (Å²) >= 11 is 0. The standard InChI is InChI=1S/C19H22N4/c1-14(2)22-13-7-11-17(22)23-18(15-8-4-3-5-9-15)21-16-10-6-12-20-19(16)23/h3-6,8-10,12,14,17H,7,11,13H2,1-2H3. The molecule has 3 heterocycles. The van der Waals surface area contributed by atoms with Gasteiger partial charge in [0.1, 0.15) is 11.3 Å². The third-order valence-electron chi connectivity index (χ3n) is 4.70. The third-order valence-corrected chi connectivity index (χ3v) is 4.70. The van der Waals surface area contributed by atoms with Crippen molar-refractivity contribution < 1.29 is 0 Å². The Hall–Kier alpha value is -2.20.